The van der Waals surface area contributed by atoms with E-state index in [1.54, 1.807) is 42.5 Å². The number of hydrogen-bond acceptors (Lipinski definition) is 7. The van der Waals surface area contributed by atoms with Crippen molar-refractivity contribution >= 4 is 27.6 Å². The molecule has 5 aromatic rings. The van der Waals surface area contributed by atoms with E-state index >= 15 is 0 Å². The molecule has 0 aliphatic carbocycles. The number of alkyl halides is 3. The van der Waals surface area contributed by atoms with E-state index in [4.69, 9.17) is 4.74 Å². The number of aromatic nitrogens is 3. The first-order chi connectivity index (χ1) is 20.5. The fourth-order valence-electron chi connectivity index (χ4n) is 3.97. The highest BCUT2D eigenvalue weighted by molar-refractivity contribution is 7.89. The molecule has 3 N–H and O–H groups in total. The number of hydrazine groups is 1. The zero-order valence-electron chi connectivity index (χ0n) is 22.3. The van der Waals surface area contributed by atoms with Crippen LogP contribution in [0.25, 0.3) is 17.1 Å². The molecule has 0 saturated heterocycles. The molecule has 0 bridgehead atoms. The lowest BCUT2D eigenvalue weighted by Gasteiger charge is -2.10. The third-order valence-electron chi connectivity index (χ3n) is 6.13. The Balaban J connectivity index is 1.32. The zero-order chi connectivity index (χ0) is 30.6. The highest BCUT2D eigenvalue weighted by atomic mass is 32.2. The molecule has 10 nitrogen and oxygen atoms in total. The second-order valence-corrected chi connectivity index (χ2v) is 10.7. The fraction of sp³-hybridized carbons (Fsp3) is 0.0690. The van der Waals surface area contributed by atoms with E-state index in [1.165, 1.54) is 60.3 Å². The van der Waals surface area contributed by atoms with Crippen molar-refractivity contribution in [2.24, 2.45) is 0 Å². The number of hydrogen-bond donors (Lipinski definition) is 3. The smallest absolute Gasteiger partial charge is 0.416 e. The molecule has 0 fully saturated rings. The predicted molar refractivity (Wildman–Crippen MR) is 152 cm³/mol. The van der Waals surface area contributed by atoms with Crippen molar-refractivity contribution in [3.63, 3.8) is 0 Å². The van der Waals surface area contributed by atoms with Gasteiger partial charge in [0.25, 0.3) is 15.9 Å². The van der Waals surface area contributed by atoms with Gasteiger partial charge in [-0.3, -0.25) is 10.2 Å². The third kappa shape index (κ3) is 6.82. The van der Waals surface area contributed by atoms with Gasteiger partial charge in [-0.15, -0.1) is 9.93 Å². The summed E-state index contributed by atoms with van der Waals surface area (Å²) < 4.78 is 71.4. The SMILES string of the molecule is COc1ccc(S(=O)(=O)NNC(=O)c2ccc(Nc3nc(-c4ccccc4)n(-c4cccc(C(F)(F)F)c4)n3)cc2)cc1. The van der Waals surface area contributed by atoms with E-state index in [2.05, 4.69) is 20.8 Å². The molecule has 1 amide bonds. The lowest BCUT2D eigenvalue weighted by atomic mass is 10.2. The molecule has 0 spiro atoms. The first-order valence-electron chi connectivity index (χ1n) is 12.6. The summed E-state index contributed by atoms with van der Waals surface area (Å²) >= 11 is 0. The minimum atomic E-state index is -4.53. The van der Waals surface area contributed by atoms with Crippen molar-refractivity contribution in [1.29, 1.82) is 0 Å². The standard InChI is InChI=1S/C29H23F3N6O4S/c1-42-24-14-16-25(17-15-24)43(40,41)37-35-27(39)20-10-12-22(13-11-20)33-28-34-26(19-6-3-2-4-7-19)38(36-28)23-9-5-8-21(18-23)29(30,31)32/h2-18,37H,1H3,(H,33,36)(H,35,39). The summed E-state index contributed by atoms with van der Waals surface area (Å²) in [6.45, 7) is 0. The van der Waals surface area contributed by atoms with E-state index in [0.29, 0.717) is 22.8 Å². The topological polar surface area (TPSA) is 127 Å². The Kier molecular flexibility index (Phi) is 8.14. The van der Waals surface area contributed by atoms with Crippen LogP contribution in [0.5, 0.6) is 5.75 Å². The van der Waals surface area contributed by atoms with Crippen molar-refractivity contribution < 1.29 is 31.1 Å². The zero-order valence-corrected chi connectivity index (χ0v) is 23.1. The maximum atomic E-state index is 13.4. The average molecular weight is 609 g/mol. The second-order valence-electron chi connectivity index (χ2n) is 9.02. The van der Waals surface area contributed by atoms with Gasteiger partial charge >= 0.3 is 6.18 Å². The number of ether oxygens (including phenoxy) is 1. The summed E-state index contributed by atoms with van der Waals surface area (Å²) in [5, 5.41) is 7.38. The van der Waals surface area contributed by atoms with Crippen LogP contribution in [0.15, 0.2) is 108 Å². The summed E-state index contributed by atoms with van der Waals surface area (Å²) in [5.41, 5.74) is 2.75. The summed E-state index contributed by atoms with van der Waals surface area (Å²) in [6.07, 6.45) is -4.53. The van der Waals surface area contributed by atoms with Crippen molar-refractivity contribution in [1.82, 2.24) is 25.0 Å². The number of rotatable bonds is 9. The Bertz CT molecular complexity index is 1840. The lowest BCUT2D eigenvalue weighted by molar-refractivity contribution is -0.137. The summed E-state index contributed by atoms with van der Waals surface area (Å²) in [5.74, 6) is 0.177. The summed E-state index contributed by atoms with van der Waals surface area (Å²) in [6, 6.07) is 25.2. The van der Waals surface area contributed by atoms with Gasteiger partial charge in [-0.05, 0) is 66.7 Å². The molecule has 1 heterocycles. The maximum Gasteiger partial charge on any atom is 0.416 e. The van der Waals surface area contributed by atoms with Crippen LogP contribution in [0, 0.1) is 0 Å². The quantitative estimate of drug-likeness (QED) is 0.193. The number of nitrogens with one attached hydrogen (secondary N) is 3. The molecule has 0 saturated carbocycles. The maximum absolute atomic E-state index is 13.4. The number of sulfonamides is 1. The molecule has 43 heavy (non-hydrogen) atoms. The van der Waals surface area contributed by atoms with Crippen LogP contribution in [0.1, 0.15) is 15.9 Å². The highest BCUT2D eigenvalue weighted by Gasteiger charge is 2.31. The van der Waals surface area contributed by atoms with Gasteiger partial charge in [-0.25, -0.2) is 13.1 Å². The Morgan fingerprint density at radius 2 is 1.58 bits per heavy atom. The largest absolute Gasteiger partial charge is 0.497 e. The van der Waals surface area contributed by atoms with Gasteiger partial charge < -0.3 is 10.1 Å². The van der Waals surface area contributed by atoms with E-state index in [-0.39, 0.29) is 22.1 Å². The monoisotopic (exact) mass is 608 g/mol. The molecular weight excluding hydrogens is 585 g/mol. The normalized spacial score (nSPS) is 11.6. The number of anilines is 2. The van der Waals surface area contributed by atoms with Gasteiger partial charge in [-0.1, -0.05) is 36.4 Å². The molecule has 1 aromatic heterocycles. The molecule has 4 aromatic carbocycles. The van der Waals surface area contributed by atoms with Gasteiger partial charge in [0.1, 0.15) is 5.75 Å². The van der Waals surface area contributed by atoms with Crippen LogP contribution in [-0.2, 0) is 16.2 Å². The number of halogens is 3. The molecule has 5 rings (SSSR count). The van der Waals surface area contributed by atoms with Crippen molar-refractivity contribution in [3.8, 4) is 22.8 Å². The van der Waals surface area contributed by atoms with Crippen molar-refractivity contribution in [2.45, 2.75) is 11.1 Å². The van der Waals surface area contributed by atoms with E-state index < -0.39 is 27.7 Å². The highest BCUT2D eigenvalue weighted by Crippen LogP contribution is 2.32. The predicted octanol–water partition coefficient (Wildman–Crippen LogP) is 5.33. The van der Waals surface area contributed by atoms with Crippen LogP contribution in [0.3, 0.4) is 0 Å². The molecule has 0 atom stereocenters. The molecule has 0 aliphatic rings. The molecular formula is C29H23F3N6O4S. The van der Waals surface area contributed by atoms with Crippen molar-refractivity contribution in [2.75, 3.05) is 12.4 Å². The van der Waals surface area contributed by atoms with Crippen LogP contribution in [-0.4, -0.2) is 36.2 Å². The molecule has 0 unspecified atom stereocenters. The van der Waals surface area contributed by atoms with Crippen LogP contribution >= 0.6 is 0 Å². The van der Waals surface area contributed by atoms with Crippen LogP contribution < -0.4 is 20.3 Å². The average Bonchev–Trinajstić information content (AvgIpc) is 3.44. The first-order valence-corrected chi connectivity index (χ1v) is 14.1. The molecule has 0 radical (unpaired) electrons. The van der Waals surface area contributed by atoms with Gasteiger partial charge in [0.2, 0.25) is 5.95 Å². The lowest BCUT2D eigenvalue weighted by Crippen LogP contribution is -2.41. The van der Waals surface area contributed by atoms with Gasteiger partial charge in [-0.2, -0.15) is 18.2 Å². The molecule has 14 heteroatoms. The third-order valence-corrected chi connectivity index (χ3v) is 7.39. The Morgan fingerprint density at radius 3 is 2.23 bits per heavy atom. The number of carbonyl (C=O) groups excluding carboxylic acids is 1. The molecule has 0 aliphatic heterocycles. The minimum absolute atomic E-state index is 0.0694. The number of nitrogens with zero attached hydrogens (tertiary/aromatic N) is 3. The number of amides is 1. The first kappa shape index (κ1) is 29.3. The Morgan fingerprint density at radius 1 is 0.884 bits per heavy atom. The Labute approximate surface area is 244 Å². The van der Waals surface area contributed by atoms with Gasteiger partial charge in [0, 0.05) is 16.8 Å². The second kappa shape index (κ2) is 12.0. The van der Waals surface area contributed by atoms with Gasteiger partial charge in [0.15, 0.2) is 5.82 Å². The Hall–Kier alpha value is -5.21. The van der Waals surface area contributed by atoms with Crippen molar-refractivity contribution in [3.05, 3.63) is 114 Å². The van der Waals surface area contributed by atoms with Gasteiger partial charge in [0.05, 0.1) is 23.3 Å². The fourth-order valence-corrected chi connectivity index (χ4v) is 4.81. The number of methoxy groups -OCH3 is 1. The number of benzene rings is 4. The molecule has 220 valence electrons. The van der Waals surface area contributed by atoms with E-state index in [0.717, 1.165) is 12.1 Å². The summed E-state index contributed by atoms with van der Waals surface area (Å²) in [7, 11) is -2.57. The van der Waals surface area contributed by atoms with Crippen LogP contribution in [0.2, 0.25) is 0 Å². The van der Waals surface area contributed by atoms with E-state index in [1.807, 2.05) is 4.83 Å². The van der Waals surface area contributed by atoms with E-state index in [9.17, 15) is 26.4 Å². The minimum Gasteiger partial charge on any atom is -0.497 e. The van der Waals surface area contributed by atoms with Crippen LogP contribution in [0.4, 0.5) is 24.8 Å². The number of carbonyl (C=O) groups is 1. The summed E-state index contributed by atoms with van der Waals surface area (Å²) in [4.78, 5) is 19.0.